The van der Waals surface area contributed by atoms with Crippen LogP contribution in [0.15, 0.2) is 28.7 Å². The van der Waals surface area contributed by atoms with Crippen molar-refractivity contribution in [1.82, 2.24) is 25.2 Å². The fraction of sp³-hybridized carbons (Fsp3) is 0.471. The molecule has 0 aliphatic carbocycles. The topological polar surface area (TPSA) is 63.1 Å². The summed E-state index contributed by atoms with van der Waals surface area (Å²) in [6.45, 7) is 4.48. The number of piperidine rings is 1. The van der Waals surface area contributed by atoms with E-state index in [9.17, 15) is 4.79 Å². The molecule has 6 nitrogen and oxygen atoms in total. The van der Waals surface area contributed by atoms with Gasteiger partial charge in [-0.15, -0.1) is 17.5 Å². The van der Waals surface area contributed by atoms with E-state index < -0.39 is 0 Å². The summed E-state index contributed by atoms with van der Waals surface area (Å²) in [5.74, 6) is 0.633. The number of carbonyl (C=O) groups is 1. The number of likely N-dealkylation sites (tertiary alicyclic amines) is 1. The SMILES string of the molecule is CNCC1CCN(C(=O)c2nnn(-c3cccc(Br)c3)c2C)CC1.Cl. The molecule has 0 spiro atoms. The van der Waals surface area contributed by atoms with Gasteiger partial charge in [-0.2, -0.15) is 0 Å². The van der Waals surface area contributed by atoms with Gasteiger partial charge in [0.15, 0.2) is 5.69 Å². The Labute approximate surface area is 162 Å². The van der Waals surface area contributed by atoms with Crippen LogP contribution in [0, 0.1) is 12.8 Å². The molecular formula is C17H23BrClN5O. The van der Waals surface area contributed by atoms with Crippen LogP contribution in [0.1, 0.15) is 29.0 Å². The number of hydrogen-bond acceptors (Lipinski definition) is 4. The Hall–Kier alpha value is -1.44. The Balaban J connectivity index is 0.00000225. The number of carbonyl (C=O) groups excluding carboxylic acids is 1. The van der Waals surface area contributed by atoms with Gasteiger partial charge in [0.1, 0.15) is 0 Å². The molecule has 1 N–H and O–H groups in total. The maximum Gasteiger partial charge on any atom is 0.276 e. The second-order valence-electron chi connectivity index (χ2n) is 6.21. The molecular weight excluding hydrogens is 406 g/mol. The van der Waals surface area contributed by atoms with Gasteiger partial charge in [0, 0.05) is 17.6 Å². The number of halogens is 2. The minimum atomic E-state index is -0.0170. The van der Waals surface area contributed by atoms with E-state index >= 15 is 0 Å². The molecule has 8 heteroatoms. The first-order valence-electron chi connectivity index (χ1n) is 8.22. The zero-order chi connectivity index (χ0) is 17.1. The van der Waals surface area contributed by atoms with E-state index in [4.69, 9.17) is 0 Å². The van der Waals surface area contributed by atoms with Crippen molar-refractivity contribution in [2.45, 2.75) is 19.8 Å². The first-order valence-corrected chi connectivity index (χ1v) is 9.01. The molecule has 0 unspecified atom stereocenters. The van der Waals surface area contributed by atoms with E-state index in [0.717, 1.165) is 48.3 Å². The number of rotatable bonds is 4. The fourth-order valence-corrected chi connectivity index (χ4v) is 3.55. The molecule has 136 valence electrons. The molecule has 0 radical (unpaired) electrons. The summed E-state index contributed by atoms with van der Waals surface area (Å²) < 4.78 is 2.68. The molecule has 1 aromatic carbocycles. The number of benzene rings is 1. The van der Waals surface area contributed by atoms with Crippen molar-refractivity contribution < 1.29 is 4.79 Å². The van der Waals surface area contributed by atoms with Gasteiger partial charge in [0.25, 0.3) is 5.91 Å². The van der Waals surface area contributed by atoms with Crippen LogP contribution in [0.3, 0.4) is 0 Å². The molecule has 2 aromatic rings. The highest BCUT2D eigenvalue weighted by Crippen LogP contribution is 2.21. The third kappa shape index (κ3) is 4.40. The van der Waals surface area contributed by atoms with E-state index in [2.05, 4.69) is 31.6 Å². The summed E-state index contributed by atoms with van der Waals surface area (Å²) in [7, 11) is 1.97. The number of amides is 1. The van der Waals surface area contributed by atoms with Crippen LogP contribution < -0.4 is 5.32 Å². The Morgan fingerprint density at radius 3 is 2.72 bits per heavy atom. The predicted octanol–water partition coefficient (Wildman–Crippen LogP) is 2.83. The lowest BCUT2D eigenvalue weighted by Crippen LogP contribution is -2.40. The maximum atomic E-state index is 12.8. The van der Waals surface area contributed by atoms with E-state index in [0.29, 0.717) is 11.6 Å². The number of aromatic nitrogens is 3. The van der Waals surface area contributed by atoms with Crippen molar-refractivity contribution in [3.63, 3.8) is 0 Å². The first-order chi connectivity index (χ1) is 11.6. The highest BCUT2D eigenvalue weighted by Gasteiger charge is 2.27. The van der Waals surface area contributed by atoms with Crippen molar-refractivity contribution in [2.24, 2.45) is 5.92 Å². The summed E-state index contributed by atoms with van der Waals surface area (Å²) in [6.07, 6.45) is 2.07. The summed E-state index contributed by atoms with van der Waals surface area (Å²) in [6, 6.07) is 7.80. The van der Waals surface area contributed by atoms with Gasteiger partial charge >= 0.3 is 0 Å². The van der Waals surface area contributed by atoms with Crippen LogP contribution in [0.25, 0.3) is 5.69 Å². The summed E-state index contributed by atoms with van der Waals surface area (Å²) >= 11 is 3.46. The summed E-state index contributed by atoms with van der Waals surface area (Å²) in [4.78, 5) is 14.7. The van der Waals surface area contributed by atoms with Crippen molar-refractivity contribution in [1.29, 1.82) is 0 Å². The van der Waals surface area contributed by atoms with Crippen LogP contribution in [0.4, 0.5) is 0 Å². The van der Waals surface area contributed by atoms with E-state index in [1.54, 1.807) is 4.68 Å². The molecule has 0 atom stereocenters. The second kappa shape index (κ2) is 8.78. The molecule has 1 saturated heterocycles. The van der Waals surface area contributed by atoms with Gasteiger partial charge in [-0.1, -0.05) is 27.2 Å². The predicted molar refractivity (Wildman–Crippen MR) is 104 cm³/mol. The van der Waals surface area contributed by atoms with Crippen LogP contribution in [0.2, 0.25) is 0 Å². The number of nitrogens with one attached hydrogen (secondary N) is 1. The highest BCUT2D eigenvalue weighted by molar-refractivity contribution is 9.10. The molecule has 1 amide bonds. The Morgan fingerprint density at radius 2 is 2.08 bits per heavy atom. The average Bonchev–Trinajstić information content (AvgIpc) is 2.97. The minimum Gasteiger partial charge on any atom is -0.337 e. The first kappa shape index (κ1) is 19.9. The molecule has 1 aromatic heterocycles. The summed E-state index contributed by atoms with van der Waals surface area (Å²) in [5, 5.41) is 11.5. The third-order valence-electron chi connectivity index (χ3n) is 4.54. The second-order valence-corrected chi connectivity index (χ2v) is 7.12. The molecule has 1 aliphatic heterocycles. The fourth-order valence-electron chi connectivity index (χ4n) is 3.16. The van der Waals surface area contributed by atoms with Gasteiger partial charge in [-0.05, 0) is 57.5 Å². The third-order valence-corrected chi connectivity index (χ3v) is 5.04. The smallest absolute Gasteiger partial charge is 0.276 e. The number of nitrogens with zero attached hydrogens (tertiary/aromatic N) is 4. The molecule has 1 fully saturated rings. The highest BCUT2D eigenvalue weighted by atomic mass is 79.9. The molecule has 3 rings (SSSR count). The van der Waals surface area contributed by atoms with Crippen molar-refractivity contribution in [3.05, 3.63) is 40.1 Å². The zero-order valence-corrected chi connectivity index (χ0v) is 16.8. The van der Waals surface area contributed by atoms with Gasteiger partial charge in [-0.25, -0.2) is 4.68 Å². The lowest BCUT2D eigenvalue weighted by Gasteiger charge is -2.31. The molecule has 25 heavy (non-hydrogen) atoms. The monoisotopic (exact) mass is 427 g/mol. The number of hydrogen-bond donors (Lipinski definition) is 1. The Bertz CT molecular complexity index is 728. The quantitative estimate of drug-likeness (QED) is 0.813. The molecule has 1 aliphatic rings. The van der Waals surface area contributed by atoms with Crippen molar-refractivity contribution in [2.75, 3.05) is 26.7 Å². The summed E-state index contributed by atoms with van der Waals surface area (Å²) in [5.41, 5.74) is 2.11. The van der Waals surface area contributed by atoms with E-state index in [-0.39, 0.29) is 18.3 Å². The van der Waals surface area contributed by atoms with Crippen LogP contribution >= 0.6 is 28.3 Å². The maximum absolute atomic E-state index is 12.8. The van der Waals surface area contributed by atoms with Crippen molar-refractivity contribution in [3.8, 4) is 5.69 Å². The average molecular weight is 429 g/mol. The van der Waals surface area contributed by atoms with E-state index in [1.807, 2.05) is 43.1 Å². The van der Waals surface area contributed by atoms with Gasteiger partial charge in [0.2, 0.25) is 0 Å². The van der Waals surface area contributed by atoms with Crippen molar-refractivity contribution >= 4 is 34.2 Å². The van der Waals surface area contributed by atoms with Gasteiger partial charge in [0.05, 0.1) is 11.4 Å². The molecule has 2 heterocycles. The van der Waals surface area contributed by atoms with Gasteiger partial charge < -0.3 is 10.2 Å². The molecule has 0 saturated carbocycles. The standard InChI is InChI=1S/C17H22BrN5O.ClH/c1-12-16(17(24)22-8-6-13(7-9-22)11-19-2)20-21-23(12)15-5-3-4-14(18)10-15;/h3-5,10,13,19H,6-9,11H2,1-2H3;1H. The lowest BCUT2D eigenvalue weighted by molar-refractivity contribution is 0.0684. The van der Waals surface area contributed by atoms with Gasteiger partial charge in [-0.3, -0.25) is 4.79 Å². The van der Waals surface area contributed by atoms with E-state index in [1.165, 1.54) is 0 Å². The Morgan fingerprint density at radius 1 is 1.36 bits per heavy atom. The largest absolute Gasteiger partial charge is 0.337 e. The zero-order valence-electron chi connectivity index (χ0n) is 14.4. The molecule has 0 bridgehead atoms. The normalized spacial score (nSPS) is 15.1. The minimum absolute atomic E-state index is 0. The van der Waals surface area contributed by atoms with Crippen LogP contribution in [-0.4, -0.2) is 52.5 Å². The van der Waals surface area contributed by atoms with Crippen LogP contribution in [-0.2, 0) is 0 Å². The Kier molecular flexibility index (Phi) is 6.98. The van der Waals surface area contributed by atoms with Crippen LogP contribution in [0.5, 0.6) is 0 Å². The lowest BCUT2D eigenvalue weighted by atomic mass is 9.96.